The molecule has 1 aliphatic heterocycles. The summed E-state index contributed by atoms with van der Waals surface area (Å²) in [6, 6.07) is 3.70. The van der Waals surface area contributed by atoms with E-state index in [-0.39, 0.29) is 0 Å². The summed E-state index contributed by atoms with van der Waals surface area (Å²) in [4.78, 5) is 4.35. The SMILES string of the molecule is COc1cc(N(C)C(O)C2CCCC2)c(N)cc1OCCCN1CCCC1. The molecule has 152 valence electrons. The number of methoxy groups -OCH3 is 1. The molecule has 3 N–H and O–H groups in total. The van der Waals surface area contributed by atoms with E-state index in [1.165, 1.54) is 38.8 Å². The highest BCUT2D eigenvalue weighted by Gasteiger charge is 2.28. The Labute approximate surface area is 163 Å². The first-order chi connectivity index (χ1) is 13.1. The molecule has 1 aromatic rings. The van der Waals surface area contributed by atoms with E-state index in [0.717, 1.165) is 31.5 Å². The maximum absolute atomic E-state index is 10.7. The second-order valence-corrected chi connectivity index (χ2v) is 7.88. The number of ether oxygens (including phenoxy) is 2. The van der Waals surface area contributed by atoms with E-state index in [2.05, 4.69) is 4.90 Å². The molecule has 6 heteroatoms. The fourth-order valence-electron chi connectivity index (χ4n) is 4.33. The summed E-state index contributed by atoms with van der Waals surface area (Å²) in [6.45, 7) is 4.14. The normalized spacial score (nSPS) is 19.4. The molecule has 27 heavy (non-hydrogen) atoms. The maximum Gasteiger partial charge on any atom is 0.163 e. The molecule has 1 atom stereocenters. The lowest BCUT2D eigenvalue weighted by molar-refractivity contribution is 0.111. The molecular weight excluding hydrogens is 342 g/mol. The predicted molar refractivity (Wildman–Crippen MR) is 110 cm³/mol. The smallest absolute Gasteiger partial charge is 0.163 e. The number of rotatable bonds is 9. The molecular formula is C21H35N3O3. The Morgan fingerprint density at radius 1 is 1.19 bits per heavy atom. The predicted octanol–water partition coefficient (Wildman–Crippen LogP) is 3.09. The van der Waals surface area contributed by atoms with Crippen LogP contribution in [0.1, 0.15) is 44.9 Å². The van der Waals surface area contributed by atoms with Gasteiger partial charge in [-0.05, 0) is 45.2 Å². The van der Waals surface area contributed by atoms with E-state index in [1.807, 2.05) is 24.1 Å². The van der Waals surface area contributed by atoms with Crippen molar-refractivity contribution in [3.05, 3.63) is 12.1 Å². The minimum Gasteiger partial charge on any atom is -0.493 e. The first kappa shape index (κ1) is 20.1. The zero-order valence-electron chi connectivity index (χ0n) is 16.8. The zero-order chi connectivity index (χ0) is 19.2. The number of aliphatic hydroxyl groups is 1. The Morgan fingerprint density at radius 2 is 1.89 bits per heavy atom. The Hall–Kier alpha value is -1.66. The van der Waals surface area contributed by atoms with Gasteiger partial charge in [0.15, 0.2) is 11.5 Å². The minimum absolute atomic E-state index is 0.307. The van der Waals surface area contributed by atoms with Crippen LogP contribution in [0.5, 0.6) is 11.5 Å². The highest BCUT2D eigenvalue weighted by molar-refractivity contribution is 5.73. The van der Waals surface area contributed by atoms with Crippen molar-refractivity contribution in [1.29, 1.82) is 0 Å². The molecule has 1 aliphatic carbocycles. The monoisotopic (exact) mass is 377 g/mol. The molecule has 1 saturated heterocycles. The third kappa shape index (κ3) is 4.99. The van der Waals surface area contributed by atoms with E-state index in [4.69, 9.17) is 15.2 Å². The van der Waals surface area contributed by atoms with Crippen molar-refractivity contribution in [2.45, 2.75) is 51.2 Å². The number of hydrogen-bond donors (Lipinski definition) is 2. The highest BCUT2D eigenvalue weighted by Crippen LogP contribution is 2.39. The van der Waals surface area contributed by atoms with Crippen LogP contribution in [0.3, 0.4) is 0 Å². The number of benzene rings is 1. The molecule has 0 amide bonds. The zero-order valence-corrected chi connectivity index (χ0v) is 16.8. The third-order valence-corrected chi connectivity index (χ3v) is 5.99. The summed E-state index contributed by atoms with van der Waals surface area (Å²) >= 11 is 0. The molecule has 0 radical (unpaired) electrons. The second-order valence-electron chi connectivity index (χ2n) is 7.88. The number of aliphatic hydroxyl groups excluding tert-OH is 1. The van der Waals surface area contributed by atoms with Gasteiger partial charge >= 0.3 is 0 Å². The van der Waals surface area contributed by atoms with Crippen LogP contribution in [0.2, 0.25) is 0 Å². The van der Waals surface area contributed by atoms with Crippen molar-refractivity contribution in [3.63, 3.8) is 0 Å². The molecule has 0 bridgehead atoms. The summed E-state index contributed by atoms with van der Waals surface area (Å²) in [5.41, 5.74) is 7.68. The van der Waals surface area contributed by atoms with Gasteiger partial charge in [0.1, 0.15) is 6.23 Å². The lowest BCUT2D eigenvalue weighted by Crippen LogP contribution is -2.37. The maximum atomic E-state index is 10.7. The van der Waals surface area contributed by atoms with E-state index in [0.29, 0.717) is 29.7 Å². The van der Waals surface area contributed by atoms with Crippen molar-refractivity contribution in [3.8, 4) is 11.5 Å². The van der Waals surface area contributed by atoms with Gasteiger partial charge in [-0.25, -0.2) is 0 Å². The van der Waals surface area contributed by atoms with Crippen molar-refractivity contribution in [2.75, 3.05) is 51.0 Å². The molecule has 1 saturated carbocycles. The standard InChI is InChI=1S/C21H35N3O3/c1-23(21(25)16-8-3-4-9-16)18-15-19(26-2)20(14-17(18)22)27-13-7-12-24-10-5-6-11-24/h14-16,21,25H,3-13,22H2,1-2H3. The van der Waals surface area contributed by atoms with Crippen LogP contribution >= 0.6 is 0 Å². The molecule has 3 rings (SSSR count). The van der Waals surface area contributed by atoms with Crippen LogP contribution in [0, 0.1) is 5.92 Å². The van der Waals surface area contributed by atoms with Gasteiger partial charge in [-0.15, -0.1) is 0 Å². The second kappa shape index (κ2) is 9.51. The van der Waals surface area contributed by atoms with Crippen LogP contribution in [-0.2, 0) is 0 Å². The van der Waals surface area contributed by atoms with Gasteiger partial charge in [0.25, 0.3) is 0 Å². The fraction of sp³-hybridized carbons (Fsp3) is 0.714. The molecule has 1 heterocycles. The van der Waals surface area contributed by atoms with Gasteiger partial charge in [-0.2, -0.15) is 0 Å². The Balaban J connectivity index is 1.61. The summed E-state index contributed by atoms with van der Waals surface area (Å²) in [7, 11) is 3.53. The average Bonchev–Trinajstić information content (AvgIpc) is 3.38. The van der Waals surface area contributed by atoms with Gasteiger partial charge in [0, 0.05) is 31.6 Å². The summed E-state index contributed by atoms with van der Waals surface area (Å²) in [5, 5.41) is 10.7. The van der Waals surface area contributed by atoms with Crippen LogP contribution in [-0.4, -0.2) is 56.6 Å². The lowest BCUT2D eigenvalue weighted by Gasteiger charge is -2.31. The van der Waals surface area contributed by atoms with Crippen molar-refractivity contribution in [1.82, 2.24) is 4.90 Å². The van der Waals surface area contributed by atoms with Crippen molar-refractivity contribution in [2.24, 2.45) is 5.92 Å². The molecule has 1 aromatic carbocycles. The number of nitrogens with zero attached hydrogens (tertiary/aromatic N) is 2. The Kier molecular flexibility index (Phi) is 7.07. The van der Waals surface area contributed by atoms with Gasteiger partial charge in [-0.3, -0.25) is 0 Å². The first-order valence-electron chi connectivity index (χ1n) is 10.3. The summed E-state index contributed by atoms with van der Waals surface area (Å²) in [6.07, 6.45) is 7.62. The molecule has 2 fully saturated rings. The number of likely N-dealkylation sites (tertiary alicyclic amines) is 1. The minimum atomic E-state index is -0.522. The average molecular weight is 378 g/mol. The van der Waals surface area contributed by atoms with Gasteiger partial charge in [0.2, 0.25) is 0 Å². The van der Waals surface area contributed by atoms with E-state index in [1.54, 1.807) is 7.11 Å². The van der Waals surface area contributed by atoms with Crippen molar-refractivity contribution < 1.29 is 14.6 Å². The molecule has 6 nitrogen and oxygen atoms in total. The van der Waals surface area contributed by atoms with Crippen LogP contribution < -0.4 is 20.1 Å². The molecule has 0 spiro atoms. The van der Waals surface area contributed by atoms with Crippen LogP contribution in [0.15, 0.2) is 12.1 Å². The van der Waals surface area contributed by atoms with E-state index >= 15 is 0 Å². The topological polar surface area (TPSA) is 71.2 Å². The van der Waals surface area contributed by atoms with E-state index in [9.17, 15) is 5.11 Å². The molecule has 2 aliphatic rings. The van der Waals surface area contributed by atoms with Crippen molar-refractivity contribution >= 4 is 11.4 Å². The lowest BCUT2D eigenvalue weighted by atomic mass is 10.0. The number of nitrogens with two attached hydrogens (primary N) is 1. The number of anilines is 2. The quantitative estimate of drug-likeness (QED) is 0.391. The van der Waals surface area contributed by atoms with Gasteiger partial charge < -0.3 is 30.1 Å². The number of nitrogen functional groups attached to an aromatic ring is 1. The third-order valence-electron chi connectivity index (χ3n) is 5.99. The van der Waals surface area contributed by atoms with Crippen LogP contribution in [0.4, 0.5) is 11.4 Å². The largest absolute Gasteiger partial charge is 0.493 e. The summed E-state index contributed by atoms with van der Waals surface area (Å²) < 4.78 is 11.5. The van der Waals surface area contributed by atoms with Gasteiger partial charge in [0.05, 0.1) is 25.1 Å². The van der Waals surface area contributed by atoms with Gasteiger partial charge in [-0.1, -0.05) is 12.8 Å². The van der Waals surface area contributed by atoms with Crippen LogP contribution in [0.25, 0.3) is 0 Å². The fourth-order valence-corrected chi connectivity index (χ4v) is 4.33. The summed E-state index contributed by atoms with van der Waals surface area (Å²) in [5.74, 6) is 1.64. The Morgan fingerprint density at radius 3 is 2.56 bits per heavy atom. The molecule has 0 aromatic heterocycles. The highest BCUT2D eigenvalue weighted by atomic mass is 16.5. The Bertz CT molecular complexity index is 599. The number of hydrogen-bond acceptors (Lipinski definition) is 6. The van der Waals surface area contributed by atoms with E-state index < -0.39 is 6.23 Å². The first-order valence-corrected chi connectivity index (χ1v) is 10.3. The molecule has 1 unspecified atom stereocenters.